The fourth-order valence-electron chi connectivity index (χ4n) is 1.60. The smallest absolute Gasteiger partial charge is 0.314 e. The van der Waals surface area contributed by atoms with Crippen LogP contribution in [0.5, 0.6) is 0 Å². The van der Waals surface area contributed by atoms with Crippen molar-refractivity contribution in [3.63, 3.8) is 0 Å². The van der Waals surface area contributed by atoms with Crippen molar-refractivity contribution in [2.75, 3.05) is 26.2 Å². The largest absolute Gasteiger partial charge is 0.443 e. The first-order chi connectivity index (χ1) is 7.55. The normalized spacial score (nSPS) is 17.8. The molecule has 0 saturated carbocycles. The Morgan fingerprint density at radius 1 is 1.35 bits per heavy atom. The van der Waals surface area contributed by atoms with Gasteiger partial charge >= 0.3 is 6.18 Å². The molecule has 0 spiro atoms. The van der Waals surface area contributed by atoms with Crippen LogP contribution in [0.15, 0.2) is 6.20 Å². The first-order valence-corrected chi connectivity index (χ1v) is 5.82. The third-order valence-electron chi connectivity index (χ3n) is 2.39. The predicted octanol–water partition coefficient (Wildman–Crippen LogP) is 1.99. The molecule has 0 unspecified atom stereocenters. The number of hydrogen-bond donors (Lipinski definition) is 1. The van der Waals surface area contributed by atoms with Gasteiger partial charge in [-0.1, -0.05) is 0 Å². The molecule has 1 N–H and O–H groups in total. The molecule has 0 bridgehead atoms. The van der Waals surface area contributed by atoms with Crippen molar-refractivity contribution in [3.05, 3.63) is 16.1 Å². The molecule has 1 saturated heterocycles. The highest BCUT2D eigenvalue weighted by Crippen LogP contribution is 2.32. The second kappa shape index (κ2) is 5.99. The van der Waals surface area contributed by atoms with E-state index in [1.165, 1.54) is 6.20 Å². The van der Waals surface area contributed by atoms with E-state index >= 15 is 0 Å². The molecule has 2 rings (SSSR count). The monoisotopic (exact) mass is 287 g/mol. The summed E-state index contributed by atoms with van der Waals surface area (Å²) in [6.45, 7) is 4.10. The first kappa shape index (κ1) is 14.7. The van der Waals surface area contributed by atoms with E-state index < -0.39 is 11.2 Å². The summed E-state index contributed by atoms with van der Waals surface area (Å²) in [5, 5.41) is 2.44. The average molecular weight is 288 g/mol. The van der Waals surface area contributed by atoms with E-state index in [0.717, 1.165) is 37.5 Å². The second-order valence-electron chi connectivity index (χ2n) is 3.66. The van der Waals surface area contributed by atoms with Gasteiger partial charge in [0.15, 0.2) is 5.01 Å². The molecule has 8 heteroatoms. The van der Waals surface area contributed by atoms with E-state index in [-0.39, 0.29) is 12.4 Å². The van der Waals surface area contributed by atoms with Crippen molar-refractivity contribution in [1.29, 1.82) is 0 Å². The van der Waals surface area contributed by atoms with Gasteiger partial charge in [-0.2, -0.15) is 13.2 Å². The Labute approximate surface area is 107 Å². The van der Waals surface area contributed by atoms with Crippen LogP contribution in [-0.2, 0) is 12.7 Å². The van der Waals surface area contributed by atoms with Crippen LogP contribution in [0.4, 0.5) is 13.2 Å². The molecule has 3 nitrogen and oxygen atoms in total. The molecule has 2 heterocycles. The summed E-state index contributed by atoms with van der Waals surface area (Å²) in [7, 11) is 0. The van der Waals surface area contributed by atoms with Crippen molar-refractivity contribution in [1.82, 2.24) is 15.2 Å². The van der Waals surface area contributed by atoms with E-state index in [1.54, 1.807) is 0 Å². The minimum absolute atomic E-state index is 0. The summed E-state index contributed by atoms with van der Waals surface area (Å²) in [4.78, 5) is 6.21. The van der Waals surface area contributed by atoms with E-state index in [9.17, 15) is 13.2 Å². The summed E-state index contributed by atoms with van der Waals surface area (Å²) in [5.41, 5.74) is 0. The first-order valence-electron chi connectivity index (χ1n) is 5.01. The Balaban J connectivity index is 0.00000144. The maximum atomic E-state index is 12.3. The lowest BCUT2D eigenvalue weighted by Gasteiger charge is -2.26. The minimum Gasteiger partial charge on any atom is -0.314 e. The number of nitrogens with one attached hydrogen (secondary N) is 1. The van der Waals surface area contributed by atoms with Crippen molar-refractivity contribution in [3.8, 4) is 0 Å². The van der Waals surface area contributed by atoms with Crippen molar-refractivity contribution < 1.29 is 13.2 Å². The topological polar surface area (TPSA) is 28.2 Å². The fraction of sp³-hybridized carbons (Fsp3) is 0.667. The minimum atomic E-state index is -4.31. The van der Waals surface area contributed by atoms with Gasteiger partial charge in [-0.15, -0.1) is 23.7 Å². The van der Waals surface area contributed by atoms with Crippen LogP contribution in [0.2, 0.25) is 0 Å². The Kier molecular flexibility index (Phi) is 5.18. The van der Waals surface area contributed by atoms with Gasteiger partial charge in [0.2, 0.25) is 0 Å². The number of thiazole rings is 1. The maximum absolute atomic E-state index is 12.3. The molecule has 0 aromatic carbocycles. The van der Waals surface area contributed by atoms with Gasteiger partial charge in [0.1, 0.15) is 0 Å². The van der Waals surface area contributed by atoms with E-state index in [1.807, 2.05) is 0 Å². The highest BCUT2D eigenvalue weighted by atomic mass is 35.5. The van der Waals surface area contributed by atoms with E-state index in [0.29, 0.717) is 11.4 Å². The van der Waals surface area contributed by atoms with E-state index in [2.05, 4.69) is 15.2 Å². The maximum Gasteiger partial charge on any atom is 0.443 e. The molecule has 0 amide bonds. The van der Waals surface area contributed by atoms with Crippen molar-refractivity contribution >= 4 is 23.7 Å². The number of alkyl halides is 3. The van der Waals surface area contributed by atoms with Crippen LogP contribution < -0.4 is 5.32 Å². The summed E-state index contributed by atoms with van der Waals surface area (Å²) in [5.74, 6) is 0. The third kappa shape index (κ3) is 4.09. The van der Waals surface area contributed by atoms with Gasteiger partial charge in [-0.05, 0) is 0 Å². The van der Waals surface area contributed by atoms with Gasteiger partial charge < -0.3 is 5.32 Å². The molecule has 1 aromatic heterocycles. The molecule has 1 fully saturated rings. The van der Waals surface area contributed by atoms with Gasteiger partial charge in [0.05, 0.1) is 0 Å². The summed E-state index contributed by atoms with van der Waals surface area (Å²) < 4.78 is 36.9. The Morgan fingerprint density at radius 3 is 2.53 bits per heavy atom. The van der Waals surface area contributed by atoms with Crippen LogP contribution in [0.25, 0.3) is 0 Å². The lowest BCUT2D eigenvalue weighted by molar-refractivity contribution is -0.137. The second-order valence-corrected chi connectivity index (χ2v) is 4.77. The number of rotatable bonds is 2. The molecule has 1 aliphatic heterocycles. The number of hydrogen-bond acceptors (Lipinski definition) is 4. The van der Waals surface area contributed by atoms with Gasteiger partial charge in [-0.25, -0.2) is 4.98 Å². The summed E-state index contributed by atoms with van der Waals surface area (Å²) in [6, 6.07) is 0. The Hall–Kier alpha value is -0.370. The van der Waals surface area contributed by atoms with Gasteiger partial charge in [0.25, 0.3) is 0 Å². The Morgan fingerprint density at radius 2 is 2.00 bits per heavy atom. The van der Waals surface area contributed by atoms with Crippen LogP contribution in [0.3, 0.4) is 0 Å². The lowest BCUT2D eigenvalue weighted by atomic mass is 10.3. The van der Waals surface area contributed by atoms with Crippen molar-refractivity contribution in [2.45, 2.75) is 12.7 Å². The molecule has 0 aliphatic carbocycles. The zero-order chi connectivity index (χ0) is 11.6. The number of halogens is 4. The molecule has 1 aromatic rings. The number of aromatic nitrogens is 1. The summed E-state index contributed by atoms with van der Waals surface area (Å²) in [6.07, 6.45) is -2.98. The molecule has 0 radical (unpaired) electrons. The molecule has 1 aliphatic rings. The standard InChI is InChI=1S/C9H12F3N3S.ClH/c10-9(11,12)8-14-5-7(16-8)6-15-3-1-13-2-4-15;/h5,13H,1-4,6H2;1H. The van der Waals surface area contributed by atoms with Gasteiger partial charge in [-0.3, -0.25) is 4.90 Å². The van der Waals surface area contributed by atoms with E-state index in [4.69, 9.17) is 0 Å². The van der Waals surface area contributed by atoms with Crippen LogP contribution >= 0.6 is 23.7 Å². The number of piperazine rings is 1. The predicted molar refractivity (Wildman–Crippen MR) is 62.5 cm³/mol. The molecular weight excluding hydrogens is 275 g/mol. The summed E-state index contributed by atoms with van der Waals surface area (Å²) >= 11 is 0.735. The van der Waals surface area contributed by atoms with Crippen molar-refractivity contribution in [2.24, 2.45) is 0 Å². The fourth-order valence-corrected chi connectivity index (χ4v) is 2.42. The quantitative estimate of drug-likeness (QED) is 0.902. The highest BCUT2D eigenvalue weighted by molar-refractivity contribution is 7.11. The zero-order valence-electron chi connectivity index (χ0n) is 8.96. The Bertz CT molecular complexity index is 350. The number of nitrogens with zero attached hydrogens (tertiary/aromatic N) is 2. The molecule has 0 atom stereocenters. The zero-order valence-corrected chi connectivity index (χ0v) is 10.6. The molecule has 17 heavy (non-hydrogen) atoms. The van der Waals surface area contributed by atoms with Gasteiger partial charge in [0, 0.05) is 43.8 Å². The lowest BCUT2D eigenvalue weighted by Crippen LogP contribution is -2.42. The van der Waals surface area contributed by atoms with Crippen LogP contribution in [-0.4, -0.2) is 36.1 Å². The third-order valence-corrected chi connectivity index (χ3v) is 3.41. The van der Waals surface area contributed by atoms with Crippen LogP contribution in [0.1, 0.15) is 9.88 Å². The molecular formula is C9H13ClF3N3S. The highest BCUT2D eigenvalue weighted by Gasteiger charge is 2.34. The van der Waals surface area contributed by atoms with Crippen LogP contribution in [0, 0.1) is 0 Å². The molecule has 98 valence electrons. The average Bonchev–Trinajstić information content (AvgIpc) is 2.67. The SMILES string of the molecule is Cl.FC(F)(F)c1ncc(CN2CCNCC2)s1.